The Kier molecular flexibility index (Phi) is 3.97. The molecule has 4 heteroatoms. The summed E-state index contributed by atoms with van der Waals surface area (Å²) in [6.45, 7) is 1.82. The second-order valence-electron chi connectivity index (χ2n) is 3.92. The number of aryl methyl sites for hydroxylation is 1. The topological polar surface area (TPSA) is 9.23 Å². The van der Waals surface area contributed by atoms with Gasteiger partial charge in [0.2, 0.25) is 0 Å². The number of hydrogen-bond donors (Lipinski definition) is 0. The van der Waals surface area contributed by atoms with Crippen LogP contribution in [0, 0.1) is 18.6 Å². The lowest BCUT2D eigenvalue weighted by Gasteiger charge is -2.09. The number of hydrogen-bond acceptors (Lipinski definition) is 1. The maximum Gasteiger partial charge on any atom is 0.146 e. The number of halogens is 3. The molecule has 0 N–H and O–H groups in total. The van der Waals surface area contributed by atoms with Gasteiger partial charge in [0.15, 0.2) is 0 Å². The van der Waals surface area contributed by atoms with Crippen LogP contribution < -0.4 is 4.74 Å². The Bertz CT molecular complexity index is 552. The highest BCUT2D eigenvalue weighted by Crippen LogP contribution is 2.23. The molecule has 2 aromatic carbocycles. The fourth-order valence-electron chi connectivity index (χ4n) is 1.49. The molecular weight excluding hydrogens is 302 g/mol. The van der Waals surface area contributed by atoms with Crippen molar-refractivity contribution in [2.45, 2.75) is 13.5 Å². The molecule has 2 aromatic rings. The summed E-state index contributed by atoms with van der Waals surface area (Å²) in [6.07, 6.45) is 0. The highest BCUT2D eigenvalue weighted by atomic mass is 79.9. The third-order valence-corrected chi connectivity index (χ3v) is 3.16. The first-order valence-corrected chi connectivity index (χ1v) is 6.19. The second-order valence-corrected chi connectivity index (χ2v) is 4.78. The minimum absolute atomic E-state index is 0.0788. The largest absolute Gasteiger partial charge is 0.489 e. The van der Waals surface area contributed by atoms with E-state index in [0.29, 0.717) is 5.75 Å². The number of benzene rings is 2. The van der Waals surface area contributed by atoms with Crippen molar-refractivity contribution in [1.82, 2.24) is 0 Å². The van der Waals surface area contributed by atoms with Gasteiger partial charge in [-0.15, -0.1) is 0 Å². The first-order valence-electron chi connectivity index (χ1n) is 5.40. The van der Waals surface area contributed by atoms with Crippen LogP contribution in [0.5, 0.6) is 5.75 Å². The molecule has 0 saturated heterocycles. The summed E-state index contributed by atoms with van der Waals surface area (Å²) >= 11 is 3.02. The third kappa shape index (κ3) is 2.88. The number of ether oxygens (including phenoxy) is 1. The Morgan fingerprint density at radius 1 is 1.06 bits per heavy atom. The molecular formula is C14H11BrF2O. The molecule has 18 heavy (non-hydrogen) atoms. The lowest BCUT2D eigenvalue weighted by atomic mass is 10.2. The van der Waals surface area contributed by atoms with Crippen LogP contribution in [0.15, 0.2) is 40.9 Å². The van der Waals surface area contributed by atoms with E-state index in [4.69, 9.17) is 4.74 Å². The molecule has 0 saturated carbocycles. The van der Waals surface area contributed by atoms with Crippen molar-refractivity contribution in [1.29, 1.82) is 0 Å². The molecule has 1 nitrogen and oxygen atoms in total. The Morgan fingerprint density at radius 2 is 1.72 bits per heavy atom. The molecule has 0 aromatic heterocycles. The summed E-state index contributed by atoms with van der Waals surface area (Å²) in [4.78, 5) is 0. The first-order chi connectivity index (χ1) is 8.58. The third-order valence-electron chi connectivity index (χ3n) is 2.54. The van der Waals surface area contributed by atoms with Crippen molar-refractivity contribution in [3.63, 3.8) is 0 Å². The highest BCUT2D eigenvalue weighted by Gasteiger charge is 2.12. The molecule has 0 aliphatic heterocycles. The summed E-state index contributed by atoms with van der Waals surface area (Å²) in [5.74, 6) is -0.649. The monoisotopic (exact) mass is 312 g/mol. The molecule has 0 spiro atoms. The van der Waals surface area contributed by atoms with E-state index in [-0.39, 0.29) is 16.6 Å². The molecule has 0 unspecified atom stereocenters. The predicted molar refractivity (Wildman–Crippen MR) is 69.6 cm³/mol. The van der Waals surface area contributed by atoms with Gasteiger partial charge < -0.3 is 4.74 Å². The first kappa shape index (κ1) is 13.0. The molecule has 0 radical (unpaired) electrons. The van der Waals surface area contributed by atoms with Crippen LogP contribution in [0.4, 0.5) is 8.78 Å². The quantitative estimate of drug-likeness (QED) is 0.752. The van der Waals surface area contributed by atoms with Gasteiger partial charge in [-0.1, -0.05) is 17.7 Å². The average molecular weight is 313 g/mol. The van der Waals surface area contributed by atoms with E-state index in [1.165, 1.54) is 12.1 Å². The van der Waals surface area contributed by atoms with E-state index >= 15 is 0 Å². The smallest absolute Gasteiger partial charge is 0.146 e. The van der Waals surface area contributed by atoms with Crippen molar-refractivity contribution in [2.75, 3.05) is 0 Å². The zero-order chi connectivity index (χ0) is 13.1. The summed E-state index contributed by atoms with van der Waals surface area (Å²) in [5.41, 5.74) is 1.02. The Labute approximate surface area is 113 Å². The van der Waals surface area contributed by atoms with Crippen molar-refractivity contribution < 1.29 is 13.5 Å². The van der Waals surface area contributed by atoms with Gasteiger partial charge in [-0.3, -0.25) is 0 Å². The molecule has 0 fully saturated rings. The van der Waals surface area contributed by atoms with Crippen LogP contribution in [0.25, 0.3) is 0 Å². The summed E-state index contributed by atoms with van der Waals surface area (Å²) in [6, 6.07) is 9.83. The van der Waals surface area contributed by atoms with E-state index in [1.807, 2.05) is 19.1 Å². The van der Waals surface area contributed by atoms with Crippen LogP contribution in [0.1, 0.15) is 11.1 Å². The minimum atomic E-state index is -0.623. The molecule has 0 atom stereocenters. The second kappa shape index (κ2) is 5.48. The normalized spacial score (nSPS) is 10.4. The van der Waals surface area contributed by atoms with Crippen LogP contribution >= 0.6 is 15.9 Å². The van der Waals surface area contributed by atoms with Gasteiger partial charge in [0.05, 0.1) is 10.0 Å². The van der Waals surface area contributed by atoms with Gasteiger partial charge >= 0.3 is 0 Å². The molecule has 0 bridgehead atoms. The van der Waals surface area contributed by atoms with Crippen LogP contribution in [0.3, 0.4) is 0 Å². The molecule has 0 amide bonds. The average Bonchev–Trinajstić information content (AvgIpc) is 2.36. The van der Waals surface area contributed by atoms with Crippen molar-refractivity contribution in [3.05, 3.63) is 63.6 Å². The molecule has 0 aliphatic carbocycles. The lowest BCUT2D eigenvalue weighted by molar-refractivity contribution is 0.292. The standard InChI is InChI=1S/C14H11BrF2O/c1-9-2-4-10(5-3-9)18-8-11-13(16)7-6-12(15)14(11)17/h2-7H,8H2,1H3. The van der Waals surface area contributed by atoms with Crippen LogP contribution in [-0.2, 0) is 6.61 Å². The van der Waals surface area contributed by atoms with E-state index < -0.39 is 11.6 Å². The van der Waals surface area contributed by atoms with Crippen molar-refractivity contribution in [3.8, 4) is 5.75 Å². The fourth-order valence-corrected chi connectivity index (χ4v) is 1.86. The van der Waals surface area contributed by atoms with Crippen molar-refractivity contribution in [2.24, 2.45) is 0 Å². The SMILES string of the molecule is Cc1ccc(OCc2c(F)ccc(Br)c2F)cc1. The van der Waals surface area contributed by atoms with Crippen molar-refractivity contribution >= 4 is 15.9 Å². The van der Waals surface area contributed by atoms with E-state index in [1.54, 1.807) is 12.1 Å². The van der Waals surface area contributed by atoms with Crippen LogP contribution in [-0.4, -0.2) is 0 Å². The van der Waals surface area contributed by atoms with Gasteiger partial charge in [-0.05, 0) is 47.1 Å². The maximum absolute atomic E-state index is 13.7. The molecule has 2 rings (SSSR count). The van der Waals surface area contributed by atoms with E-state index in [0.717, 1.165) is 5.56 Å². The maximum atomic E-state index is 13.7. The minimum Gasteiger partial charge on any atom is -0.489 e. The van der Waals surface area contributed by atoms with E-state index in [9.17, 15) is 8.78 Å². The molecule has 0 aliphatic rings. The Hall–Kier alpha value is -1.42. The zero-order valence-corrected chi connectivity index (χ0v) is 11.3. The van der Waals surface area contributed by atoms with Crippen LogP contribution in [0.2, 0.25) is 0 Å². The van der Waals surface area contributed by atoms with Gasteiger partial charge in [-0.2, -0.15) is 0 Å². The highest BCUT2D eigenvalue weighted by molar-refractivity contribution is 9.10. The Morgan fingerprint density at radius 3 is 2.39 bits per heavy atom. The Balaban J connectivity index is 2.15. The summed E-state index contributed by atoms with van der Waals surface area (Å²) in [7, 11) is 0. The lowest BCUT2D eigenvalue weighted by Crippen LogP contribution is -2.02. The zero-order valence-electron chi connectivity index (χ0n) is 9.71. The fraction of sp³-hybridized carbons (Fsp3) is 0.143. The predicted octanol–water partition coefficient (Wildman–Crippen LogP) is 4.61. The molecule has 0 heterocycles. The van der Waals surface area contributed by atoms with Gasteiger partial charge in [0.25, 0.3) is 0 Å². The van der Waals surface area contributed by atoms with E-state index in [2.05, 4.69) is 15.9 Å². The van der Waals surface area contributed by atoms with Gasteiger partial charge in [-0.25, -0.2) is 8.78 Å². The molecule has 94 valence electrons. The van der Waals surface area contributed by atoms with Gasteiger partial charge in [0.1, 0.15) is 24.0 Å². The summed E-state index contributed by atoms with van der Waals surface area (Å²) in [5, 5.41) is 0. The number of rotatable bonds is 3. The van der Waals surface area contributed by atoms with Gasteiger partial charge in [0, 0.05) is 0 Å². The summed E-state index contributed by atoms with van der Waals surface area (Å²) < 4.78 is 32.7.